The molecule has 7 heteroatoms. The van der Waals surface area contributed by atoms with Crippen molar-refractivity contribution in [3.63, 3.8) is 0 Å². The van der Waals surface area contributed by atoms with Gasteiger partial charge in [0, 0.05) is 11.3 Å². The van der Waals surface area contributed by atoms with Crippen LogP contribution in [0.5, 0.6) is 17.2 Å². The van der Waals surface area contributed by atoms with Crippen molar-refractivity contribution in [2.24, 2.45) is 22.7 Å². The van der Waals surface area contributed by atoms with Crippen LogP contribution in [0.3, 0.4) is 0 Å². The highest BCUT2D eigenvalue weighted by atomic mass is 32.2. The number of hydrogen-bond acceptors (Lipinski definition) is 7. The molecule has 6 nitrogen and oxygen atoms in total. The van der Waals surface area contributed by atoms with E-state index < -0.39 is 0 Å². The second-order valence-corrected chi connectivity index (χ2v) is 11.6. The first kappa shape index (κ1) is 25.0. The van der Waals surface area contributed by atoms with Crippen LogP contribution in [0.1, 0.15) is 59.3 Å². The third-order valence-corrected chi connectivity index (χ3v) is 9.12. The summed E-state index contributed by atoms with van der Waals surface area (Å²) >= 11 is 1.63. The predicted octanol–water partition coefficient (Wildman–Crippen LogP) is 7.04. The highest BCUT2D eigenvalue weighted by Gasteiger charge is 2.52. The first-order chi connectivity index (χ1) is 16.2. The monoisotopic (exact) mass is 486 g/mol. The average Bonchev–Trinajstić information content (AvgIpc) is 3.28. The molecule has 0 spiro atoms. The molecule has 0 aliphatic heterocycles. The molecule has 1 aromatic heterocycles. The molecular formula is C27H38N2O4S. The maximum Gasteiger partial charge on any atom is 0.276 e. The number of aromatic nitrogens is 2. The summed E-state index contributed by atoms with van der Waals surface area (Å²) in [6.45, 7) is 12.0. The van der Waals surface area contributed by atoms with Crippen molar-refractivity contribution in [2.75, 3.05) is 27.1 Å². The van der Waals surface area contributed by atoms with E-state index >= 15 is 0 Å². The van der Waals surface area contributed by atoms with Crippen molar-refractivity contribution in [3.05, 3.63) is 24.3 Å². The quantitative estimate of drug-likeness (QED) is 0.293. The van der Waals surface area contributed by atoms with Crippen molar-refractivity contribution < 1.29 is 18.6 Å². The molecule has 3 atom stereocenters. The molecule has 1 aromatic carbocycles. The van der Waals surface area contributed by atoms with Gasteiger partial charge in [0.1, 0.15) is 0 Å². The third-order valence-electron chi connectivity index (χ3n) is 8.27. The predicted molar refractivity (Wildman–Crippen MR) is 136 cm³/mol. The molecule has 0 saturated heterocycles. The molecule has 2 aliphatic carbocycles. The minimum atomic E-state index is 0.341. The van der Waals surface area contributed by atoms with Crippen LogP contribution in [0.15, 0.2) is 33.9 Å². The van der Waals surface area contributed by atoms with Gasteiger partial charge in [0.25, 0.3) is 5.22 Å². The van der Waals surface area contributed by atoms with Gasteiger partial charge in [-0.3, -0.25) is 0 Å². The summed E-state index contributed by atoms with van der Waals surface area (Å²) in [5.41, 5.74) is 2.92. The van der Waals surface area contributed by atoms with Crippen molar-refractivity contribution in [3.8, 4) is 28.7 Å². The van der Waals surface area contributed by atoms with E-state index in [1.807, 2.05) is 12.1 Å². The van der Waals surface area contributed by atoms with E-state index in [2.05, 4.69) is 37.5 Å². The fraction of sp³-hybridized carbons (Fsp3) is 0.630. The number of methoxy groups -OCH3 is 3. The molecule has 0 radical (unpaired) electrons. The van der Waals surface area contributed by atoms with Crippen molar-refractivity contribution in [2.45, 2.75) is 64.5 Å². The Labute approximate surface area is 207 Å². The van der Waals surface area contributed by atoms with Gasteiger partial charge in [0.15, 0.2) is 11.5 Å². The molecule has 0 amide bonds. The number of benzene rings is 1. The van der Waals surface area contributed by atoms with Gasteiger partial charge >= 0.3 is 0 Å². The summed E-state index contributed by atoms with van der Waals surface area (Å²) in [6.07, 6.45) is 7.50. The van der Waals surface area contributed by atoms with E-state index in [9.17, 15) is 0 Å². The van der Waals surface area contributed by atoms with Gasteiger partial charge < -0.3 is 18.6 Å². The lowest BCUT2D eigenvalue weighted by Crippen LogP contribution is -2.49. The summed E-state index contributed by atoms with van der Waals surface area (Å²) in [6, 6.07) is 3.64. The topological polar surface area (TPSA) is 66.6 Å². The second kappa shape index (κ2) is 9.84. The van der Waals surface area contributed by atoms with E-state index in [0.717, 1.165) is 30.1 Å². The summed E-state index contributed by atoms with van der Waals surface area (Å²) < 4.78 is 22.3. The highest BCUT2D eigenvalue weighted by Crippen LogP contribution is 2.61. The molecule has 2 aromatic rings. The van der Waals surface area contributed by atoms with Crippen molar-refractivity contribution in [1.29, 1.82) is 0 Å². The fourth-order valence-corrected chi connectivity index (χ4v) is 7.43. The molecule has 2 fully saturated rings. The molecule has 3 unspecified atom stereocenters. The molecule has 186 valence electrons. The Morgan fingerprint density at radius 3 is 2.41 bits per heavy atom. The van der Waals surface area contributed by atoms with E-state index in [0.29, 0.717) is 45.1 Å². The lowest BCUT2D eigenvalue weighted by molar-refractivity contribution is -0.0524. The number of fused-ring (bicyclic) bond motifs is 1. The standard InChI is InChI=1S/C27H38N2O4S/c1-17-9-10-22-26(2,3)12-8-13-27(22,4)19(17)11-14-34-25-29-28-24(33-25)18-15-20(30-5)23(32-7)21(16-18)31-6/h15-16,19,22H,1,8-14H2,2-7H3. The molecular weight excluding hydrogens is 448 g/mol. The fourth-order valence-electron chi connectivity index (χ4n) is 6.66. The molecule has 0 bridgehead atoms. The van der Waals surface area contributed by atoms with Crippen molar-refractivity contribution >= 4 is 11.8 Å². The molecule has 4 rings (SSSR count). The second-order valence-electron chi connectivity index (χ2n) is 10.6. The van der Waals surface area contributed by atoms with Crippen molar-refractivity contribution in [1.82, 2.24) is 10.2 Å². The number of hydrogen-bond donors (Lipinski definition) is 0. The van der Waals surface area contributed by atoms with E-state index in [1.165, 1.54) is 31.3 Å². The molecule has 34 heavy (non-hydrogen) atoms. The van der Waals surface area contributed by atoms with Crippen LogP contribution in [0.2, 0.25) is 0 Å². The van der Waals surface area contributed by atoms with E-state index in [4.69, 9.17) is 18.6 Å². The Morgan fingerprint density at radius 1 is 1.06 bits per heavy atom. The minimum Gasteiger partial charge on any atom is -0.493 e. The van der Waals surface area contributed by atoms with Gasteiger partial charge in [0.2, 0.25) is 11.6 Å². The van der Waals surface area contributed by atoms with Gasteiger partial charge in [0.05, 0.1) is 21.3 Å². The lowest BCUT2D eigenvalue weighted by Gasteiger charge is -2.58. The normalized spacial score (nSPS) is 26.1. The summed E-state index contributed by atoms with van der Waals surface area (Å²) in [5.74, 6) is 4.33. The summed E-state index contributed by atoms with van der Waals surface area (Å²) in [5, 5.41) is 9.12. The Balaban J connectivity index is 1.45. The van der Waals surface area contributed by atoms with Crippen LogP contribution in [-0.4, -0.2) is 37.3 Å². The van der Waals surface area contributed by atoms with Crippen LogP contribution < -0.4 is 14.2 Å². The largest absolute Gasteiger partial charge is 0.493 e. The Morgan fingerprint density at radius 2 is 1.76 bits per heavy atom. The minimum absolute atomic E-state index is 0.341. The van der Waals surface area contributed by atoms with Crippen LogP contribution >= 0.6 is 11.8 Å². The number of rotatable bonds is 8. The van der Waals surface area contributed by atoms with Gasteiger partial charge in [-0.05, 0) is 66.9 Å². The average molecular weight is 487 g/mol. The van der Waals surface area contributed by atoms with Gasteiger partial charge in [-0.25, -0.2) is 0 Å². The SMILES string of the molecule is C=C1CCC2C(C)(C)CCCC2(C)C1CCSc1nnc(-c2cc(OC)c(OC)c(OC)c2)o1. The Hall–Kier alpha value is -2.15. The summed E-state index contributed by atoms with van der Waals surface area (Å²) in [7, 11) is 4.76. The maximum atomic E-state index is 5.99. The Bertz CT molecular complexity index is 1010. The molecule has 1 heterocycles. The summed E-state index contributed by atoms with van der Waals surface area (Å²) in [4.78, 5) is 0. The number of thioether (sulfide) groups is 1. The maximum absolute atomic E-state index is 5.99. The van der Waals surface area contributed by atoms with Crippen LogP contribution in [0, 0.1) is 22.7 Å². The van der Waals surface area contributed by atoms with Crippen LogP contribution in [0.25, 0.3) is 11.5 Å². The number of allylic oxidation sites excluding steroid dienone is 1. The first-order valence-electron chi connectivity index (χ1n) is 12.2. The zero-order valence-corrected chi connectivity index (χ0v) is 22.2. The van der Waals surface area contributed by atoms with Gasteiger partial charge in [-0.15, -0.1) is 10.2 Å². The smallest absolute Gasteiger partial charge is 0.276 e. The molecule has 2 saturated carbocycles. The van der Waals surface area contributed by atoms with Crippen LogP contribution in [0.4, 0.5) is 0 Å². The molecule has 2 aliphatic rings. The van der Waals surface area contributed by atoms with E-state index in [1.54, 1.807) is 33.1 Å². The van der Waals surface area contributed by atoms with Gasteiger partial charge in [-0.1, -0.05) is 51.1 Å². The number of ether oxygens (including phenoxy) is 3. The van der Waals surface area contributed by atoms with Gasteiger partial charge in [-0.2, -0.15) is 0 Å². The third kappa shape index (κ3) is 4.56. The Kier molecular flexibility index (Phi) is 7.22. The zero-order valence-electron chi connectivity index (χ0n) is 21.4. The molecule has 0 N–H and O–H groups in total. The first-order valence-corrected chi connectivity index (χ1v) is 13.2. The zero-order chi connectivity index (χ0) is 24.5. The number of nitrogens with zero attached hydrogens (tertiary/aromatic N) is 2. The lowest BCUT2D eigenvalue weighted by atomic mass is 9.47. The van der Waals surface area contributed by atoms with Crippen LogP contribution in [-0.2, 0) is 0 Å². The van der Waals surface area contributed by atoms with E-state index in [-0.39, 0.29) is 0 Å². The highest BCUT2D eigenvalue weighted by molar-refractivity contribution is 7.99.